The molecule has 1 aromatic heterocycles. The second-order valence-electron chi connectivity index (χ2n) is 12.9. The summed E-state index contributed by atoms with van der Waals surface area (Å²) in [6, 6.07) is 6.09. The van der Waals surface area contributed by atoms with E-state index in [1.54, 1.807) is 13.3 Å². The number of hydrogen-bond acceptors (Lipinski definition) is 5. The number of imidazole rings is 1. The van der Waals surface area contributed by atoms with Gasteiger partial charge in [-0.05, 0) is 97.8 Å². The first-order valence-corrected chi connectivity index (χ1v) is 14.8. The van der Waals surface area contributed by atoms with Gasteiger partial charge in [-0.25, -0.2) is 4.98 Å². The Hall–Kier alpha value is -2.57. The number of rotatable bonds is 7. The molecule has 4 aliphatic rings. The van der Waals surface area contributed by atoms with Gasteiger partial charge in [-0.15, -0.1) is 0 Å². The maximum Gasteiger partial charge on any atom is 0.161 e. The molecular weight excluding hydrogens is 488 g/mol. The molecule has 210 valence electrons. The molecule has 3 saturated carbocycles. The fourth-order valence-corrected chi connectivity index (χ4v) is 8.60. The number of hydrogen-bond donors (Lipinski definition) is 2. The topological polar surface area (TPSA) is 76.7 Å². The molecule has 4 aliphatic carbocycles. The van der Waals surface area contributed by atoms with Crippen LogP contribution < -0.4 is 9.47 Å². The second-order valence-corrected chi connectivity index (χ2v) is 12.9. The number of aryl methyl sites for hydroxylation is 1. The molecule has 0 amide bonds. The Morgan fingerprint density at radius 2 is 1.97 bits per heavy atom. The molecular formula is C33H44N2O4. The minimum Gasteiger partial charge on any atom is -0.493 e. The molecule has 2 aromatic rings. The van der Waals surface area contributed by atoms with Gasteiger partial charge in [0.2, 0.25) is 0 Å². The van der Waals surface area contributed by atoms with Crippen LogP contribution in [0.15, 0.2) is 54.1 Å². The van der Waals surface area contributed by atoms with E-state index in [0.717, 1.165) is 74.1 Å². The van der Waals surface area contributed by atoms with Crippen molar-refractivity contribution >= 4 is 6.08 Å². The van der Waals surface area contributed by atoms with Crippen molar-refractivity contribution in [2.45, 2.75) is 84.0 Å². The molecule has 7 atom stereocenters. The summed E-state index contributed by atoms with van der Waals surface area (Å²) in [6.45, 7) is 6.25. The molecule has 0 spiro atoms. The summed E-state index contributed by atoms with van der Waals surface area (Å²) in [4.78, 5) is 4.08. The SMILES string of the molecule is COc1cc(C=C2C[C@H]3[C@@H]4CC=C5C[C@@H](O)CC[C@]5(C)[C@H]4CC[C@]3(C)[C@H]2O)ccc1OCCCn1ccnc1. The maximum absolute atomic E-state index is 11.6. The van der Waals surface area contributed by atoms with Crippen molar-refractivity contribution in [1.82, 2.24) is 9.55 Å². The number of nitrogens with zero attached hydrogens (tertiary/aromatic N) is 2. The van der Waals surface area contributed by atoms with Gasteiger partial charge in [0.05, 0.1) is 32.3 Å². The highest BCUT2D eigenvalue weighted by Gasteiger charge is 2.59. The van der Waals surface area contributed by atoms with E-state index in [1.165, 1.54) is 12.0 Å². The molecule has 1 heterocycles. The monoisotopic (exact) mass is 532 g/mol. The molecule has 39 heavy (non-hydrogen) atoms. The minimum absolute atomic E-state index is 0.0781. The van der Waals surface area contributed by atoms with Gasteiger partial charge in [-0.3, -0.25) is 0 Å². The van der Waals surface area contributed by atoms with Crippen molar-refractivity contribution in [1.29, 1.82) is 0 Å². The van der Waals surface area contributed by atoms with E-state index in [-0.39, 0.29) is 16.9 Å². The highest BCUT2D eigenvalue weighted by molar-refractivity contribution is 5.60. The molecule has 0 aliphatic heterocycles. The lowest BCUT2D eigenvalue weighted by atomic mass is 9.48. The molecule has 6 rings (SSSR count). The van der Waals surface area contributed by atoms with Crippen LogP contribution in [0.1, 0.15) is 70.8 Å². The van der Waals surface area contributed by atoms with Crippen molar-refractivity contribution in [2.24, 2.45) is 28.6 Å². The zero-order valence-electron chi connectivity index (χ0n) is 23.7. The molecule has 6 nitrogen and oxygen atoms in total. The van der Waals surface area contributed by atoms with Gasteiger partial charge >= 0.3 is 0 Å². The Morgan fingerprint density at radius 1 is 1.10 bits per heavy atom. The zero-order chi connectivity index (χ0) is 27.2. The Morgan fingerprint density at radius 3 is 2.77 bits per heavy atom. The van der Waals surface area contributed by atoms with E-state index >= 15 is 0 Å². The van der Waals surface area contributed by atoms with Crippen LogP contribution in [-0.4, -0.2) is 45.7 Å². The van der Waals surface area contributed by atoms with Crippen LogP contribution in [0.5, 0.6) is 11.5 Å². The van der Waals surface area contributed by atoms with Gasteiger partial charge in [0.15, 0.2) is 11.5 Å². The van der Waals surface area contributed by atoms with Crippen LogP contribution >= 0.6 is 0 Å². The number of aromatic nitrogens is 2. The molecule has 2 N–H and O–H groups in total. The number of methoxy groups -OCH3 is 1. The first-order valence-electron chi connectivity index (χ1n) is 14.8. The van der Waals surface area contributed by atoms with Crippen molar-refractivity contribution in [3.8, 4) is 11.5 Å². The Balaban J connectivity index is 1.17. The number of aliphatic hydroxyl groups excluding tert-OH is 2. The van der Waals surface area contributed by atoms with E-state index in [0.29, 0.717) is 24.4 Å². The molecule has 1 aromatic carbocycles. The lowest BCUT2D eigenvalue weighted by Crippen LogP contribution is -2.51. The largest absolute Gasteiger partial charge is 0.493 e. The second kappa shape index (κ2) is 10.4. The van der Waals surface area contributed by atoms with Crippen LogP contribution in [-0.2, 0) is 6.54 Å². The van der Waals surface area contributed by atoms with E-state index in [2.05, 4.69) is 37.0 Å². The third kappa shape index (κ3) is 4.74. The minimum atomic E-state index is -0.417. The van der Waals surface area contributed by atoms with Crippen LogP contribution in [0, 0.1) is 28.6 Å². The Bertz CT molecular complexity index is 1240. The highest BCUT2D eigenvalue weighted by atomic mass is 16.5. The first-order chi connectivity index (χ1) is 18.8. The fourth-order valence-electron chi connectivity index (χ4n) is 8.60. The summed E-state index contributed by atoms with van der Waals surface area (Å²) in [5.74, 6) is 3.21. The number of benzene rings is 1. The van der Waals surface area contributed by atoms with E-state index in [4.69, 9.17) is 9.47 Å². The molecule has 0 saturated heterocycles. The smallest absolute Gasteiger partial charge is 0.161 e. The summed E-state index contributed by atoms with van der Waals surface area (Å²) < 4.78 is 13.8. The number of ether oxygens (including phenoxy) is 2. The Labute approximate surface area is 232 Å². The number of fused-ring (bicyclic) bond motifs is 5. The van der Waals surface area contributed by atoms with Gasteiger partial charge < -0.3 is 24.3 Å². The summed E-state index contributed by atoms with van der Waals surface area (Å²) in [6.07, 6.45) is 17.7. The predicted octanol–water partition coefficient (Wildman–Crippen LogP) is 6.04. The van der Waals surface area contributed by atoms with Crippen molar-refractivity contribution in [3.05, 3.63) is 59.7 Å². The zero-order valence-corrected chi connectivity index (χ0v) is 23.7. The third-order valence-corrected chi connectivity index (χ3v) is 10.9. The van der Waals surface area contributed by atoms with Gasteiger partial charge in [-0.2, -0.15) is 0 Å². The third-order valence-electron chi connectivity index (χ3n) is 10.9. The summed E-state index contributed by atoms with van der Waals surface area (Å²) in [5, 5.41) is 22.0. The van der Waals surface area contributed by atoms with E-state index < -0.39 is 6.10 Å². The summed E-state index contributed by atoms with van der Waals surface area (Å²) in [7, 11) is 1.68. The van der Waals surface area contributed by atoms with Gasteiger partial charge in [0, 0.05) is 24.4 Å². The molecule has 6 heteroatoms. The maximum atomic E-state index is 11.6. The molecule has 0 radical (unpaired) electrons. The van der Waals surface area contributed by atoms with Crippen LogP contribution in [0.4, 0.5) is 0 Å². The Kier molecular flexibility index (Phi) is 7.13. The van der Waals surface area contributed by atoms with E-state index in [9.17, 15) is 10.2 Å². The van der Waals surface area contributed by atoms with Crippen molar-refractivity contribution in [2.75, 3.05) is 13.7 Å². The van der Waals surface area contributed by atoms with Gasteiger partial charge in [0.1, 0.15) is 0 Å². The summed E-state index contributed by atoms with van der Waals surface area (Å²) >= 11 is 0. The van der Waals surface area contributed by atoms with Crippen molar-refractivity contribution in [3.63, 3.8) is 0 Å². The first kappa shape index (κ1) is 26.6. The van der Waals surface area contributed by atoms with Crippen LogP contribution in [0.2, 0.25) is 0 Å². The molecule has 0 bridgehead atoms. The number of aliphatic hydroxyl groups is 2. The van der Waals surface area contributed by atoms with Crippen LogP contribution in [0.25, 0.3) is 6.08 Å². The highest BCUT2D eigenvalue weighted by Crippen LogP contribution is 2.65. The van der Waals surface area contributed by atoms with Gasteiger partial charge in [-0.1, -0.05) is 37.6 Å². The van der Waals surface area contributed by atoms with Gasteiger partial charge in [0.25, 0.3) is 0 Å². The number of allylic oxidation sites excluding steroid dienone is 1. The van der Waals surface area contributed by atoms with Crippen molar-refractivity contribution < 1.29 is 19.7 Å². The van der Waals surface area contributed by atoms with E-state index in [1.807, 2.05) is 29.2 Å². The fraction of sp³-hybridized carbons (Fsp3) is 0.606. The normalized spacial score (nSPS) is 36.6. The average Bonchev–Trinajstić information content (AvgIpc) is 3.54. The molecule has 0 unspecified atom stereocenters. The average molecular weight is 533 g/mol. The predicted molar refractivity (Wildman–Crippen MR) is 152 cm³/mol. The lowest BCUT2D eigenvalue weighted by molar-refractivity contribution is -0.0685. The quantitative estimate of drug-likeness (QED) is 0.336. The molecule has 3 fully saturated rings. The standard InChI is InChI=1S/C33H44N2O4/c1-32-11-9-25(36)20-24(32)6-7-26-27(32)10-12-33(2)28(26)19-23(31(33)37)17-22-5-8-29(30(18-22)38-3)39-16-4-14-35-15-13-34-21-35/h5-6,8,13,15,17-18,21,25-28,31,36-37H,4,7,9-12,14,16,19-20H2,1-3H3/t25-,26+,27-,28-,31-,32-,33-/m0/s1. The summed E-state index contributed by atoms with van der Waals surface area (Å²) in [5.41, 5.74) is 3.83. The van der Waals surface area contributed by atoms with Crippen LogP contribution in [0.3, 0.4) is 0 Å². The lowest BCUT2D eigenvalue weighted by Gasteiger charge is -2.57.